The predicted molar refractivity (Wildman–Crippen MR) is 73.5 cm³/mol. The molecule has 6 heteroatoms. The normalized spacial score (nSPS) is 23.9. The van der Waals surface area contributed by atoms with Gasteiger partial charge >= 0.3 is 6.18 Å². The maximum Gasteiger partial charge on any atom is 0.416 e. The lowest BCUT2D eigenvalue weighted by Gasteiger charge is -2.19. The Hall–Kier alpha value is -1.56. The fourth-order valence-corrected chi connectivity index (χ4v) is 2.53. The second-order valence-electron chi connectivity index (χ2n) is 5.59. The van der Waals surface area contributed by atoms with Gasteiger partial charge < -0.3 is 10.6 Å². The van der Waals surface area contributed by atoms with Crippen LogP contribution in [-0.4, -0.2) is 19.0 Å². The number of hydrogen-bond acceptors (Lipinski definition) is 2. The van der Waals surface area contributed by atoms with Gasteiger partial charge in [-0.2, -0.15) is 13.2 Å². The van der Waals surface area contributed by atoms with E-state index in [1.54, 1.807) is 6.92 Å². The van der Waals surface area contributed by atoms with Crippen LogP contribution in [0.5, 0.6) is 0 Å². The average molecular weight is 300 g/mol. The molecule has 0 saturated carbocycles. The van der Waals surface area contributed by atoms with E-state index < -0.39 is 11.7 Å². The summed E-state index contributed by atoms with van der Waals surface area (Å²) >= 11 is 0. The molecule has 0 spiro atoms. The van der Waals surface area contributed by atoms with Gasteiger partial charge in [-0.05, 0) is 37.1 Å². The minimum Gasteiger partial charge on any atom is -0.349 e. The summed E-state index contributed by atoms with van der Waals surface area (Å²) in [6.45, 7) is 5.24. The molecule has 1 aliphatic heterocycles. The van der Waals surface area contributed by atoms with Crippen LogP contribution in [0.3, 0.4) is 0 Å². The zero-order valence-electron chi connectivity index (χ0n) is 12.0. The van der Waals surface area contributed by atoms with Crippen LogP contribution in [-0.2, 0) is 11.0 Å². The lowest BCUT2D eigenvalue weighted by molar-refractivity contribution is -0.137. The Morgan fingerprint density at radius 2 is 1.90 bits per heavy atom. The topological polar surface area (TPSA) is 41.1 Å². The fraction of sp³-hybridized carbons (Fsp3) is 0.533. The molecular weight excluding hydrogens is 281 g/mol. The molecule has 21 heavy (non-hydrogen) atoms. The molecule has 116 valence electrons. The molecule has 0 aromatic heterocycles. The summed E-state index contributed by atoms with van der Waals surface area (Å²) in [6.07, 6.45) is -4.34. The number of carbonyl (C=O) groups excluding carboxylic acids is 1. The van der Waals surface area contributed by atoms with E-state index in [-0.39, 0.29) is 23.8 Å². The van der Waals surface area contributed by atoms with Crippen molar-refractivity contribution >= 4 is 5.91 Å². The Kier molecular flexibility index (Phi) is 4.56. The quantitative estimate of drug-likeness (QED) is 0.901. The van der Waals surface area contributed by atoms with Crippen LogP contribution in [0, 0.1) is 11.8 Å². The van der Waals surface area contributed by atoms with Crippen LogP contribution in [0.2, 0.25) is 0 Å². The number of halogens is 3. The third kappa shape index (κ3) is 3.75. The number of alkyl halides is 3. The number of rotatable bonds is 3. The van der Waals surface area contributed by atoms with E-state index in [4.69, 9.17) is 0 Å². The number of hydrogen-bond donors (Lipinski definition) is 2. The van der Waals surface area contributed by atoms with Gasteiger partial charge in [-0.15, -0.1) is 0 Å². The van der Waals surface area contributed by atoms with Gasteiger partial charge in [0.05, 0.1) is 17.5 Å². The van der Waals surface area contributed by atoms with Gasteiger partial charge in [0.2, 0.25) is 5.91 Å². The van der Waals surface area contributed by atoms with Gasteiger partial charge in [0.25, 0.3) is 0 Å². The maximum absolute atomic E-state index is 12.5. The van der Waals surface area contributed by atoms with E-state index in [0.29, 0.717) is 12.1 Å². The van der Waals surface area contributed by atoms with Gasteiger partial charge in [-0.3, -0.25) is 4.79 Å². The molecule has 3 nitrogen and oxygen atoms in total. The average Bonchev–Trinajstić information content (AvgIpc) is 2.84. The summed E-state index contributed by atoms with van der Waals surface area (Å²) in [4.78, 5) is 12.1. The molecular formula is C15H19F3N2O. The van der Waals surface area contributed by atoms with Crippen LogP contribution < -0.4 is 10.6 Å². The molecule has 1 aliphatic rings. The molecule has 3 atom stereocenters. The van der Waals surface area contributed by atoms with E-state index in [0.717, 1.165) is 18.7 Å². The number of nitrogens with one attached hydrogen (secondary N) is 2. The Labute approximate surface area is 121 Å². The Morgan fingerprint density at radius 3 is 2.38 bits per heavy atom. The minimum absolute atomic E-state index is 0.0557. The Morgan fingerprint density at radius 1 is 1.29 bits per heavy atom. The molecule has 0 radical (unpaired) electrons. The molecule has 1 aromatic carbocycles. The third-order valence-corrected chi connectivity index (χ3v) is 3.95. The summed E-state index contributed by atoms with van der Waals surface area (Å²) in [7, 11) is 0. The zero-order valence-corrected chi connectivity index (χ0v) is 12.0. The first-order valence-electron chi connectivity index (χ1n) is 6.97. The summed E-state index contributed by atoms with van der Waals surface area (Å²) in [5.74, 6) is 0.131. The first kappa shape index (κ1) is 15.8. The highest BCUT2D eigenvalue weighted by Crippen LogP contribution is 2.30. The number of amides is 1. The number of benzene rings is 1. The van der Waals surface area contributed by atoms with Gasteiger partial charge in [-0.1, -0.05) is 19.1 Å². The molecule has 1 heterocycles. The van der Waals surface area contributed by atoms with E-state index in [2.05, 4.69) is 10.6 Å². The zero-order chi connectivity index (χ0) is 15.6. The fourth-order valence-electron chi connectivity index (χ4n) is 2.53. The first-order chi connectivity index (χ1) is 9.79. The van der Waals surface area contributed by atoms with Crippen molar-refractivity contribution in [2.24, 2.45) is 11.8 Å². The predicted octanol–water partition coefficient (Wildman–Crippen LogP) is 2.74. The van der Waals surface area contributed by atoms with E-state index >= 15 is 0 Å². The van der Waals surface area contributed by atoms with Crippen molar-refractivity contribution in [3.05, 3.63) is 35.4 Å². The van der Waals surface area contributed by atoms with Crippen LogP contribution in [0.1, 0.15) is 31.0 Å². The van der Waals surface area contributed by atoms with Crippen molar-refractivity contribution in [2.75, 3.05) is 13.1 Å². The standard InChI is InChI=1S/C15H19F3N2O/c1-9-7-19-8-13(9)14(21)20-10(2)11-3-5-12(6-4-11)15(16,17)18/h3-6,9-10,13,19H,7-8H2,1-2H3,(H,20,21). The van der Waals surface area contributed by atoms with Gasteiger partial charge in [0, 0.05) is 6.54 Å². The van der Waals surface area contributed by atoms with Gasteiger partial charge in [0.15, 0.2) is 0 Å². The molecule has 2 rings (SSSR count). The molecule has 0 aliphatic carbocycles. The molecule has 1 saturated heterocycles. The molecule has 0 bridgehead atoms. The SMILES string of the molecule is CC(NC(=O)C1CNCC1C)c1ccc(C(F)(F)F)cc1. The second kappa shape index (κ2) is 6.05. The highest BCUT2D eigenvalue weighted by Gasteiger charge is 2.31. The third-order valence-electron chi connectivity index (χ3n) is 3.95. The summed E-state index contributed by atoms with van der Waals surface area (Å²) in [5, 5.41) is 6.02. The molecule has 1 aromatic rings. The smallest absolute Gasteiger partial charge is 0.349 e. The van der Waals surface area contributed by atoms with E-state index in [1.165, 1.54) is 12.1 Å². The van der Waals surface area contributed by atoms with Crippen molar-refractivity contribution in [1.82, 2.24) is 10.6 Å². The highest BCUT2D eigenvalue weighted by molar-refractivity contribution is 5.80. The van der Waals surface area contributed by atoms with E-state index in [1.807, 2.05) is 6.92 Å². The monoisotopic (exact) mass is 300 g/mol. The lowest BCUT2D eigenvalue weighted by atomic mass is 9.96. The summed E-state index contributed by atoms with van der Waals surface area (Å²) in [6, 6.07) is 4.58. The van der Waals surface area contributed by atoms with E-state index in [9.17, 15) is 18.0 Å². The molecule has 1 fully saturated rings. The second-order valence-corrected chi connectivity index (χ2v) is 5.59. The van der Waals surface area contributed by atoms with Crippen molar-refractivity contribution in [2.45, 2.75) is 26.1 Å². The molecule has 2 N–H and O–H groups in total. The van der Waals surface area contributed by atoms with Crippen LogP contribution in [0.4, 0.5) is 13.2 Å². The maximum atomic E-state index is 12.5. The van der Waals surface area contributed by atoms with Crippen molar-refractivity contribution < 1.29 is 18.0 Å². The van der Waals surface area contributed by atoms with Crippen molar-refractivity contribution in [3.8, 4) is 0 Å². The minimum atomic E-state index is -4.34. The number of carbonyl (C=O) groups is 1. The summed E-state index contributed by atoms with van der Waals surface area (Å²) in [5.41, 5.74) is -0.0200. The Balaban J connectivity index is 2.00. The molecule has 1 amide bonds. The summed E-state index contributed by atoms with van der Waals surface area (Å²) < 4.78 is 37.5. The van der Waals surface area contributed by atoms with Crippen molar-refractivity contribution in [1.29, 1.82) is 0 Å². The van der Waals surface area contributed by atoms with Crippen LogP contribution >= 0.6 is 0 Å². The lowest BCUT2D eigenvalue weighted by Crippen LogP contribution is -2.35. The van der Waals surface area contributed by atoms with Crippen molar-refractivity contribution in [3.63, 3.8) is 0 Å². The first-order valence-corrected chi connectivity index (χ1v) is 6.97. The highest BCUT2D eigenvalue weighted by atomic mass is 19.4. The van der Waals surface area contributed by atoms with Crippen LogP contribution in [0.25, 0.3) is 0 Å². The Bertz CT molecular complexity index is 499. The molecule has 3 unspecified atom stereocenters. The van der Waals surface area contributed by atoms with Crippen LogP contribution in [0.15, 0.2) is 24.3 Å². The van der Waals surface area contributed by atoms with Gasteiger partial charge in [-0.25, -0.2) is 0 Å². The van der Waals surface area contributed by atoms with Gasteiger partial charge in [0.1, 0.15) is 0 Å². The largest absolute Gasteiger partial charge is 0.416 e.